The molecule has 1 rings (SSSR count). The number of aliphatic hydroxyl groups is 1. The monoisotopic (exact) mass is 483 g/mol. The number of sulfonamides is 1. The Hall–Kier alpha value is -1.48. The van der Waals surface area contributed by atoms with Crippen molar-refractivity contribution in [2.24, 2.45) is 5.92 Å². The lowest BCUT2D eigenvalue weighted by Crippen LogP contribution is -2.49. The number of nitrogens with zero attached hydrogens (tertiary/aromatic N) is 1. The van der Waals surface area contributed by atoms with Crippen LogP contribution in [-0.2, 0) is 21.2 Å². The van der Waals surface area contributed by atoms with Crippen molar-refractivity contribution >= 4 is 15.9 Å². The number of hydrogen-bond donors (Lipinski definition) is 3. The SMILES string of the molecule is CCCN(CCC)S(=O)(=O)CCC(=O)N[C@@H](Cc1cccc(C)c1)[C@H](O)CNCCC(C)C. The molecule has 1 aromatic carbocycles. The number of aryl methyl sites for hydroxylation is 1. The van der Waals surface area contributed by atoms with E-state index in [9.17, 15) is 18.3 Å². The second-order valence-electron chi connectivity index (χ2n) is 9.29. The summed E-state index contributed by atoms with van der Waals surface area (Å²) < 4.78 is 26.8. The Morgan fingerprint density at radius 1 is 1.15 bits per heavy atom. The van der Waals surface area contributed by atoms with Gasteiger partial charge in [0.15, 0.2) is 0 Å². The molecule has 0 heterocycles. The van der Waals surface area contributed by atoms with Crippen LogP contribution in [0.5, 0.6) is 0 Å². The van der Waals surface area contributed by atoms with E-state index in [1.165, 1.54) is 4.31 Å². The molecule has 0 bridgehead atoms. The summed E-state index contributed by atoms with van der Waals surface area (Å²) in [6.07, 6.45) is 2.05. The summed E-state index contributed by atoms with van der Waals surface area (Å²) in [4.78, 5) is 12.7. The molecule has 0 fully saturated rings. The highest BCUT2D eigenvalue weighted by atomic mass is 32.2. The molecule has 0 saturated heterocycles. The summed E-state index contributed by atoms with van der Waals surface area (Å²) in [5, 5.41) is 17.0. The zero-order valence-electron chi connectivity index (χ0n) is 21.1. The summed E-state index contributed by atoms with van der Waals surface area (Å²) in [5.74, 6) is -0.0107. The molecule has 0 aromatic heterocycles. The van der Waals surface area contributed by atoms with E-state index in [1.807, 2.05) is 45.0 Å². The molecule has 3 N–H and O–H groups in total. The van der Waals surface area contributed by atoms with Gasteiger partial charge in [0.05, 0.1) is 17.9 Å². The number of rotatable bonds is 17. The zero-order chi connectivity index (χ0) is 24.9. The molecule has 2 atom stereocenters. The highest BCUT2D eigenvalue weighted by Crippen LogP contribution is 2.11. The van der Waals surface area contributed by atoms with Crippen molar-refractivity contribution in [2.75, 3.05) is 31.9 Å². The molecule has 0 aliphatic heterocycles. The minimum atomic E-state index is -3.49. The highest BCUT2D eigenvalue weighted by Gasteiger charge is 2.25. The minimum absolute atomic E-state index is 0.121. The maximum absolute atomic E-state index is 12.7. The van der Waals surface area contributed by atoms with Gasteiger partial charge in [-0.2, -0.15) is 0 Å². The van der Waals surface area contributed by atoms with Crippen LogP contribution in [0.3, 0.4) is 0 Å². The predicted octanol–water partition coefficient (Wildman–Crippen LogP) is 2.86. The van der Waals surface area contributed by atoms with Crippen LogP contribution in [0.15, 0.2) is 24.3 Å². The summed E-state index contributed by atoms with van der Waals surface area (Å²) in [6.45, 7) is 12.3. The Labute approximate surface area is 201 Å². The molecule has 0 unspecified atom stereocenters. The summed E-state index contributed by atoms with van der Waals surface area (Å²) in [7, 11) is -3.49. The van der Waals surface area contributed by atoms with Crippen molar-refractivity contribution in [2.45, 2.75) is 78.9 Å². The molecule has 1 amide bonds. The third kappa shape index (κ3) is 12.0. The third-order valence-corrected chi connectivity index (χ3v) is 7.40. The van der Waals surface area contributed by atoms with Gasteiger partial charge in [0.25, 0.3) is 0 Å². The topological polar surface area (TPSA) is 98.7 Å². The first kappa shape index (κ1) is 29.6. The Bertz CT molecular complexity index is 793. The predicted molar refractivity (Wildman–Crippen MR) is 136 cm³/mol. The zero-order valence-corrected chi connectivity index (χ0v) is 22.0. The van der Waals surface area contributed by atoms with E-state index in [1.54, 1.807) is 0 Å². The molecule has 0 aliphatic rings. The van der Waals surface area contributed by atoms with Crippen LogP contribution in [0.2, 0.25) is 0 Å². The van der Waals surface area contributed by atoms with Crippen LogP contribution in [0, 0.1) is 12.8 Å². The van der Waals surface area contributed by atoms with Gasteiger partial charge in [0.1, 0.15) is 0 Å². The van der Waals surface area contributed by atoms with Crippen molar-refractivity contribution in [1.29, 1.82) is 0 Å². The molecule has 33 heavy (non-hydrogen) atoms. The maximum Gasteiger partial charge on any atom is 0.221 e. The van der Waals surface area contributed by atoms with Crippen LogP contribution in [0.4, 0.5) is 0 Å². The molecular weight excluding hydrogens is 438 g/mol. The van der Waals surface area contributed by atoms with E-state index in [0.29, 0.717) is 32.0 Å². The standard InChI is InChI=1S/C25H45N3O4S/c1-6-14-28(15-7-2)33(31,32)16-12-25(30)27-23(18-22-10-8-9-21(5)17-22)24(29)19-26-13-11-20(3)4/h8-10,17,20,23-24,26,29H,6-7,11-16,18-19H2,1-5H3,(H,27,30)/t23-,24+/m0/s1. The fourth-order valence-corrected chi connectivity index (χ4v) is 5.30. The molecule has 190 valence electrons. The largest absolute Gasteiger partial charge is 0.390 e. The quantitative estimate of drug-likeness (QED) is 0.296. The first-order valence-electron chi connectivity index (χ1n) is 12.3. The highest BCUT2D eigenvalue weighted by molar-refractivity contribution is 7.89. The fourth-order valence-electron chi connectivity index (χ4n) is 3.68. The van der Waals surface area contributed by atoms with Crippen LogP contribution in [-0.4, -0.2) is 67.8 Å². The number of aliphatic hydroxyl groups excluding tert-OH is 1. The molecule has 0 aliphatic carbocycles. The van der Waals surface area contributed by atoms with Crippen molar-refractivity contribution in [3.63, 3.8) is 0 Å². The normalized spacial score (nSPS) is 13.9. The number of hydrogen-bond acceptors (Lipinski definition) is 5. The van der Waals surface area contributed by atoms with Crippen molar-refractivity contribution < 1.29 is 18.3 Å². The van der Waals surface area contributed by atoms with Crippen LogP contribution in [0.25, 0.3) is 0 Å². The first-order valence-corrected chi connectivity index (χ1v) is 13.9. The fraction of sp³-hybridized carbons (Fsp3) is 0.720. The Balaban J connectivity index is 2.78. The molecule has 1 aromatic rings. The van der Waals surface area contributed by atoms with Crippen LogP contribution in [0.1, 0.15) is 64.5 Å². The van der Waals surface area contributed by atoms with E-state index >= 15 is 0 Å². The lowest BCUT2D eigenvalue weighted by Gasteiger charge is -2.26. The maximum atomic E-state index is 12.7. The number of amides is 1. The lowest BCUT2D eigenvalue weighted by molar-refractivity contribution is -0.122. The van der Waals surface area contributed by atoms with E-state index in [0.717, 1.165) is 36.9 Å². The van der Waals surface area contributed by atoms with Crippen molar-refractivity contribution in [1.82, 2.24) is 14.9 Å². The van der Waals surface area contributed by atoms with E-state index in [4.69, 9.17) is 0 Å². The minimum Gasteiger partial charge on any atom is -0.390 e. The number of carbonyl (C=O) groups excluding carboxylic acids is 1. The van der Waals surface area contributed by atoms with Gasteiger partial charge >= 0.3 is 0 Å². The average Bonchev–Trinajstić information content (AvgIpc) is 2.74. The van der Waals surface area contributed by atoms with Gasteiger partial charge < -0.3 is 15.7 Å². The molecule has 0 saturated carbocycles. The smallest absolute Gasteiger partial charge is 0.221 e. The van der Waals surface area contributed by atoms with E-state index in [2.05, 4.69) is 24.5 Å². The average molecular weight is 484 g/mol. The van der Waals surface area contributed by atoms with Crippen molar-refractivity contribution in [3.8, 4) is 0 Å². The second-order valence-corrected chi connectivity index (χ2v) is 11.4. The summed E-state index contributed by atoms with van der Waals surface area (Å²) >= 11 is 0. The van der Waals surface area contributed by atoms with Crippen LogP contribution >= 0.6 is 0 Å². The Morgan fingerprint density at radius 2 is 1.82 bits per heavy atom. The molecule has 0 radical (unpaired) electrons. The van der Waals surface area contributed by atoms with Gasteiger partial charge in [-0.1, -0.05) is 57.5 Å². The lowest BCUT2D eigenvalue weighted by atomic mass is 9.99. The van der Waals surface area contributed by atoms with Gasteiger partial charge in [-0.3, -0.25) is 4.79 Å². The molecular formula is C25H45N3O4S. The number of nitrogens with one attached hydrogen (secondary N) is 2. The van der Waals surface area contributed by atoms with Gasteiger partial charge in [0.2, 0.25) is 15.9 Å². The molecule has 8 heteroatoms. The van der Waals surface area contributed by atoms with Gasteiger partial charge in [-0.05, 0) is 50.6 Å². The van der Waals surface area contributed by atoms with E-state index < -0.39 is 22.2 Å². The third-order valence-electron chi connectivity index (χ3n) is 5.53. The van der Waals surface area contributed by atoms with E-state index in [-0.39, 0.29) is 18.1 Å². The summed E-state index contributed by atoms with van der Waals surface area (Å²) in [5.41, 5.74) is 2.13. The van der Waals surface area contributed by atoms with Gasteiger partial charge in [-0.15, -0.1) is 0 Å². The number of carbonyl (C=O) groups is 1. The molecule has 0 spiro atoms. The second kappa shape index (κ2) is 15.4. The number of benzene rings is 1. The van der Waals surface area contributed by atoms with Crippen LogP contribution < -0.4 is 10.6 Å². The Morgan fingerprint density at radius 3 is 2.39 bits per heavy atom. The van der Waals surface area contributed by atoms with Gasteiger partial charge in [0, 0.05) is 26.1 Å². The van der Waals surface area contributed by atoms with Crippen molar-refractivity contribution in [3.05, 3.63) is 35.4 Å². The molecule has 7 nitrogen and oxygen atoms in total. The summed E-state index contributed by atoms with van der Waals surface area (Å²) in [6, 6.07) is 7.47. The first-order chi connectivity index (χ1) is 15.6. The Kier molecular flexibility index (Phi) is 13.8. The van der Waals surface area contributed by atoms with Gasteiger partial charge in [-0.25, -0.2) is 12.7 Å².